The number of amides is 1. The molecule has 0 spiro atoms. The van der Waals surface area contributed by atoms with Gasteiger partial charge in [-0.25, -0.2) is 15.8 Å². The quantitative estimate of drug-likeness (QED) is 0.566. The fourth-order valence-corrected chi connectivity index (χ4v) is 3.46. The van der Waals surface area contributed by atoms with Crippen LogP contribution in [-0.2, 0) is 11.3 Å². The van der Waals surface area contributed by atoms with Crippen molar-refractivity contribution in [3.63, 3.8) is 0 Å². The molecule has 3 heterocycles. The van der Waals surface area contributed by atoms with Gasteiger partial charge in [0.15, 0.2) is 5.82 Å². The summed E-state index contributed by atoms with van der Waals surface area (Å²) in [5, 5.41) is 2.89. The summed E-state index contributed by atoms with van der Waals surface area (Å²) in [4.78, 5) is 23.6. The van der Waals surface area contributed by atoms with Crippen LogP contribution in [0.25, 0.3) is 10.2 Å². The Morgan fingerprint density at radius 2 is 2.38 bits per heavy atom. The van der Waals surface area contributed by atoms with Crippen LogP contribution in [0.1, 0.15) is 19.2 Å². The van der Waals surface area contributed by atoms with Crippen molar-refractivity contribution in [3.05, 3.63) is 17.3 Å². The Balaban J connectivity index is 1.81. The van der Waals surface area contributed by atoms with Gasteiger partial charge in [0.1, 0.15) is 10.7 Å². The van der Waals surface area contributed by atoms with Gasteiger partial charge in [0, 0.05) is 6.54 Å². The molecule has 2 aromatic heterocycles. The molecule has 1 fully saturated rings. The minimum Gasteiger partial charge on any atom is -0.369 e. The molecule has 0 aromatic carbocycles. The molecule has 0 radical (unpaired) electrons. The number of hydrazine groups is 1. The number of carbonyl (C=O) groups is 1. The zero-order valence-corrected chi connectivity index (χ0v) is 12.6. The monoisotopic (exact) mass is 306 g/mol. The maximum Gasteiger partial charge on any atom is 0.224 e. The maximum atomic E-state index is 11.5. The van der Waals surface area contributed by atoms with E-state index in [-0.39, 0.29) is 5.91 Å². The molecule has 1 aliphatic rings. The molecule has 1 amide bonds. The fraction of sp³-hybridized carbons (Fsp3) is 0.462. The molecule has 2 aromatic rings. The van der Waals surface area contributed by atoms with Gasteiger partial charge in [-0.3, -0.25) is 9.69 Å². The van der Waals surface area contributed by atoms with E-state index in [1.807, 2.05) is 18.4 Å². The summed E-state index contributed by atoms with van der Waals surface area (Å²) in [6.45, 7) is 3.95. The van der Waals surface area contributed by atoms with E-state index in [1.54, 1.807) is 11.3 Å². The number of thiophene rings is 1. The van der Waals surface area contributed by atoms with Gasteiger partial charge >= 0.3 is 0 Å². The van der Waals surface area contributed by atoms with E-state index in [9.17, 15) is 4.79 Å². The first-order valence-electron chi connectivity index (χ1n) is 6.75. The number of rotatable bonds is 4. The second-order valence-corrected chi connectivity index (χ2v) is 6.55. The van der Waals surface area contributed by atoms with Gasteiger partial charge < -0.3 is 11.2 Å². The van der Waals surface area contributed by atoms with Crippen LogP contribution in [0.4, 0.5) is 5.82 Å². The van der Waals surface area contributed by atoms with Crippen molar-refractivity contribution in [3.8, 4) is 0 Å². The molecule has 0 saturated carbocycles. The number of primary amides is 1. The van der Waals surface area contributed by atoms with Crippen LogP contribution in [0.3, 0.4) is 0 Å². The molecular formula is C13H18N6OS. The minimum atomic E-state index is -0.456. The second kappa shape index (κ2) is 5.21. The van der Waals surface area contributed by atoms with E-state index in [2.05, 4.69) is 20.3 Å². The van der Waals surface area contributed by atoms with Gasteiger partial charge in [-0.05, 0) is 31.3 Å². The van der Waals surface area contributed by atoms with Gasteiger partial charge in [-0.2, -0.15) is 0 Å². The van der Waals surface area contributed by atoms with Crippen LogP contribution in [0.5, 0.6) is 0 Å². The van der Waals surface area contributed by atoms with E-state index < -0.39 is 5.41 Å². The van der Waals surface area contributed by atoms with Crippen LogP contribution in [0, 0.1) is 5.41 Å². The summed E-state index contributed by atoms with van der Waals surface area (Å²) in [6.07, 6.45) is 0.769. The average Bonchev–Trinajstić information content (AvgIpc) is 3.05. The van der Waals surface area contributed by atoms with Crippen LogP contribution < -0.4 is 17.0 Å². The SMILES string of the molecule is CC1(C(N)=O)CCN(Cc2nc(NN)c3ccsc3n2)C1. The highest BCUT2D eigenvalue weighted by atomic mass is 32.1. The van der Waals surface area contributed by atoms with E-state index in [1.165, 1.54) is 0 Å². The van der Waals surface area contributed by atoms with Crippen molar-refractivity contribution in [2.45, 2.75) is 19.9 Å². The highest BCUT2D eigenvalue weighted by Gasteiger charge is 2.38. The molecule has 1 atom stereocenters. The summed E-state index contributed by atoms with van der Waals surface area (Å²) in [5.41, 5.74) is 7.63. The summed E-state index contributed by atoms with van der Waals surface area (Å²) < 4.78 is 0. The number of carbonyl (C=O) groups excluding carboxylic acids is 1. The minimum absolute atomic E-state index is 0.246. The molecule has 0 aliphatic carbocycles. The highest BCUT2D eigenvalue weighted by molar-refractivity contribution is 7.16. The fourth-order valence-electron chi connectivity index (χ4n) is 2.67. The third kappa shape index (κ3) is 2.57. The average molecular weight is 306 g/mol. The number of likely N-dealkylation sites (tertiary alicyclic amines) is 1. The first kappa shape index (κ1) is 14.2. The van der Waals surface area contributed by atoms with Gasteiger partial charge in [0.05, 0.1) is 17.3 Å². The van der Waals surface area contributed by atoms with Gasteiger partial charge in [-0.15, -0.1) is 11.3 Å². The van der Waals surface area contributed by atoms with Crippen molar-refractivity contribution in [1.29, 1.82) is 0 Å². The number of nitrogen functional groups attached to an aromatic ring is 1. The predicted octanol–water partition coefficient (Wildman–Crippen LogP) is 0.674. The first-order valence-corrected chi connectivity index (χ1v) is 7.63. The Morgan fingerprint density at radius 3 is 3.05 bits per heavy atom. The molecular weight excluding hydrogens is 288 g/mol. The number of nitrogens with two attached hydrogens (primary N) is 2. The lowest BCUT2D eigenvalue weighted by Crippen LogP contribution is -2.37. The molecule has 1 saturated heterocycles. The lowest BCUT2D eigenvalue weighted by atomic mass is 9.89. The van der Waals surface area contributed by atoms with Crippen LogP contribution in [0.2, 0.25) is 0 Å². The van der Waals surface area contributed by atoms with E-state index in [0.717, 1.165) is 23.2 Å². The van der Waals surface area contributed by atoms with Crippen molar-refractivity contribution in [1.82, 2.24) is 14.9 Å². The number of aromatic nitrogens is 2. The summed E-state index contributed by atoms with van der Waals surface area (Å²) in [7, 11) is 0. The predicted molar refractivity (Wildman–Crippen MR) is 82.4 cm³/mol. The van der Waals surface area contributed by atoms with E-state index >= 15 is 0 Å². The molecule has 112 valence electrons. The molecule has 1 aliphatic heterocycles. The zero-order chi connectivity index (χ0) is 15.0. The number of anilines is 1. The van der Waals surface area contributed by atoms with Crippen molar-refractivity contribution < 1.29 is 4.79 Å². The maximum absolute atomic E-state index is 11.5. The highest BCUT2D eigenvalue weighted by Crippen LogP contribution is 2.31. The number of nitrogens with zero attached hydrogens (tertiary/aromatic N) is 3. The number of fused-ring (bicyclic) bond motifs is 1. The third-order valence-corrected chi connectivity index (χ3v) is 4.83. The lowest BCUT2D eigenvalue weighted by Gasteiger charge is -2.20. The van der Waals surface area contributed by atoms with Gasteiger partial charge in [0.25, 0.3) is 0 Å². The second-order valence-electron chi connectivity index (χ2n) is 5.66. The van der Waals surface area contributed by atoms with E-state index in [4.69, 9.17) is 11.6 Å². The molecule has 1 unspecified atom stereocenters. The van der Waals surface area contributed by atoms with Crippen molar-refractivity contribution in [2.75, 3.05) is 18.5 Å². The normalized spacial score (nSPS) is 22.8. The summed E-state index contributed by atoms with van der Waals surface area (Å²) >= 11 is 1.55. The Bertz CT molecular complexity index is 686. The van der Waals surface area contributed by atoms with Crippen LogP contribution in [-0.4, -0.2) is 33.9 Å². The molecule has 3 rings (SSSR count). The van der Waals surface area contributed by atoms with Gasteiger partial charge in [0.2, 0.25) is 5.91 Å². The first-order chi connectivity index (χ1) is 10.0. The Morgan fingerprint density at radius 1 is 1.57 bits per heavy atom. The largest absolute Gasteiger partial charge is 0.369 e. The summed E-state index contributed by atoms with van der Waals surface area (Å²) in [5.74, 6) is 6.61. The number of hydrogen-bond acceptors (Lipinski definition) is 7. The smallest absolute Gasteiger partial charge is 0.224 e. The number of hydrogen-bond donors (Lipinski definition) is 3. The topological polar surface area (TPSA) is 110 Å². The van der Waals surface area contributed by atoms with Crippen molar-refractivity contribution >= 4 is 33.3 Å². The lowest BCUT2D eigenvalue weighted by molar-refractivity contribution is -0.126. The molecule has 7 nitrogen and oxygen atoms in total. The molecule has 5 N–H and O–H groups in total. The third-order valence-electron chi connectivity index (χ3n) is 4.02. The molecule has 0 bridgehead atoms. The summed E-state index contributed by atoms with van der Waals surface area (Å²) in [6, 6.07) is 1.94. The van der Waals surface area contributed by atoms with Crippen LogP contribution in [0.15, 0.2) is 11.4 Å². The Labute approximate surface area is 126 Å². The molecule has 8 heteroatoms. The van der Waals surface area contributed by atoms with E-state index in [0.29, 0.717) is 24.7 Å². The number of nitrogens with one attached hydrogen (secondary N) is 1. The Kier molecular flexibility index (Phi) is 3.52. The molecule has 21 heavy (non-hydrogen) atoms. The van der Waals surface area contributed by atoms with Gasteiger partial charge in [-0.1, -0.05) is 0 Å². The van der Waals surface area contributed by atoms with Crippen molar-refractivity contribution in [2.24, 2.45) is 17.0 Å². The van der Waals surface area contributed by atoms with Crippen LogP contribution >= 0.6 is 11.3 Å². The Hall–Kier alpha value is -1.77. The standard InChI is InChI=1S/C13H18N6OS/c1-13(12(14)20)3-4-19(7-13)6-9-16-10(18-15)8-2-5-21-11(8)17-9/h2,5H,3-4,6-7,15H2,1H3,(H2,14,20)(H,16,17,18). The zero-order valence-electron chi connectivity index (χ0n) is 11.8.